The molecule has 1 aliphatic heterocycles. The third-order valence-electron chi connectivity index (χ3n) is 3.51. The molecule has 0 spiro atoms. The molecule has 2 aromatic rings. The van der Waals surface area contributed by atoms with Crippen molar-refractivity contribution in [2.45, 2.75) is 32.5 Å². The Kier molecular flexibility index (Phi) is 3.52. The third-order valence-corrected chi connectivity index (χ3v) is 3.51. The minimum absolute atomic E-state index is 0.00597. The summed E-state index contributed by atoms with van der Waals surface area (Å²) in [5.74, 6) is 0.667. The lowest BCUT2D eigenvalue weighted by Gasteiger charge is -2.25. The van der Waals surface area contributed by atoms with Crippen LogP contribution in [0.15, 0.2) is 34.9 Å². The Morgan fingerprint density at radius 3 is 3.00 bits per heavy atom. The van der Waals surface area contributed by atoms with Gasteiger partial charge < -0.3 is 15.2 Å². The standard InChI is InChI=1S/C15H17N3O2/c1-10-6-13(20-18-10)9-17-15(19)14-7-11-4-2-3-5-12(11)8-16-14/h2-6,14,16H,7-9H2,1H3,(H,17,19)/t14-/m0/s1. The van der Waals surface area contributed by atoms with Crippen LogP contribution in [0.3, 0.4) is 0 Å². The maximum absolute atomic E-state index is 12.2. The highest BCUT2D eigenvalue weighted by Crippen LogP contribution is 2.16. The van der Waals surface area contributed by atoms with Crippen LogP contribution in [0.4, 0.5) is 0 Å². The number of aromatic nitrogens is 1. The SMILES string of the molecule is Cc1cc(CNC(=O)[C@@H]2Cc3ccccc3CN2)on1. The van der Waals surface area contributed by atoms with E-state index in [-0.39, 0.29) is 11.9 Å². The van der Waals surface area contributed by atoms with Crippen molar-refractivity contribution in [3.8, 4) is 0 Å². The highest BCUT2D eigenvalue weighted by atomic mass is 16.5. The van der Waals surface area contributed by atoms with Gasteiger partial charge in [-0.25, -0.2) is 0 Å². The first-order valence-electron chi connectivity index (χ1n) is 6.72. The van der Waals surface area contributed by atoms with E-state index in [4.69, 9.17) is 4.52 Å². The summed E-state index contributed by atoms with van der Waals surface area (Å²) in [7, 11) is 0. The fourth-order valence-electron chi connectivity index (χ4n) is 2.44. The average Bonchev–Trinajstić information content (AvgIpc) is 2.90. The quantitative estimate of drug-likeness (QED) is 0.883. The molecule has 2 N–H and O–H groups in total. The van der Waals surface area contributed by atoms with Gasteiger partial charge in [-0.05, 0) is 24.5 Å². The maximum atomic E-state index is 12.2. The smallest absolute Gasteiger partial charge is 0.237 e. The molecule has 1 aromatic carbocycles. The van der Waals surface area contributed by atoms with Crippen molar-refractivity contribution in [2.24, 2.45) is 0 Å². The number of carbonyl (C=O) groups excluding carboxylic acids is 1. The first-order valence-corrected chi connectivity index (χ1v) is 6.72. The van der Waals surface area contributed by atoms with E-state index in [0.29, 0.717) is 12.3 Å². The lowest BCUT2D eigenvalue weighted by atomic mass is 9.95. The second-order valence-electron chi connectivity index (χ2n) is 5.06. The zero-order chi connectivity index (χ0) is 13.9. The van der Waals surface area contributed by atoms with E-state index >= 15 is 0 Å². The van der Waals surface area contributed by atoms with Gasteiger partial charge in [-0.1, -0.05) is 29.4 Å². The zero-order valence-electron chi connectivity index (χ0n) is 11.3. The molecule has 1 atom stereocenters. The molecule has 3 rings (SSSR count). The molecule has 104 valence electrons. The van der Waals surface area contributed by atoms with Crippen molar-refractivity contribution in [3.63, 3.8) is 0 Å². The van der Waals surface area contributed by atoms with Crippen molar-refractivity contribution in [3.05, 3.63) is 52.9 Å². The summed E-state index contributed by atoms with van der Waals surface area (Å²) in [6, 6.07) is 9.84. The van der Waals surface area contributed by atoms with Gasteiger partial charge in [0.15, 0.2) is 5.76 Å². The normalized spacial score (nSPS) is 17.6. The van der Waals surface area contributed by atoms with Gasteiger partial charge in [0.1, 0.15) is 0 Å². The van der Waals surface area contributed by atoms with Crippen LogP contribution in [0, 0.1) is 6.92 Å². The number of rotatable bonds is 3. The topological polar surface area (TPSA) is 67.2 Å². The van der Waals surface area contributed by atoms with Crippen LogP contribution in [-0.2, 0) is 24.3 Å². The number of hydrogen-bond donors (Lipinski definition) is 2. The molecule has 5 nitrogen and oxygen atoms in total. The molecule has 0 unspecified atom stereocenters. The molecule has 2 heterocycles. The molecule has 0 bridgehead atoms. The number of carbonyl (C=O) groups is 1. The molecule has 1 amide bonds. The van der Waals surface area contributed by atoms with Crippen molar-refractivity contribution in [1.29, 1.82) is 0 Å². The van der Waals surface area contributed by atoms with E-state index in [2.05, 4.69) is 27.9 Å². The van der Waals surface area contributed by atoms with E-state index in [1.165, 1.54) is 11.1 Å². The summed E-state index contributed by atoms with van der Waals surface area (Å²) in [4.78, 5) is 12.2. The molecule has 0 aliphatic carbocycles. The monoisotopic (exact) mass is 271 g/mol. The lowest BCUT2D eigenvalue weighted by Crippen LogP contribution is -2.47. The first-order chi connectivity index (χ1) is 9.72. The van der Waals surface area contributed by atoms with E-state index in [9.17, 15) is 4.79 Å². The molecule has 0 fully saturated rings. The number of amides is 1. The highest BCUT2D eigenvalue weighted by molar-refractivity contribution is 5.82. The summed E-state index contributed by atoms with van der Waals surface area (Å²) < 4.78 is 5.07. The predicted molar refractivity (Wildman–Crippen MR) is 73.9 cm³/mol. The molecule has 0 saturated heterocycles. The van der Waals surface area contributed by atoms with Gasteiger partial charge in [0.05, 0.1) is 18.3 Å². The number of nitrogens with one attached hydrogen (secondary N) is 2. The Hall–Kier alpha value is -2.14. The molecule has 5 heteroatoms. The van der Waals surface area contributed by atoms with Crippen LogP contribution in [0.25, 0.3) is 0 Å². The Morgan fingerprint density at radius 1 is 1.45 bits per heavy atom. The molecule has 20 heavy (non-hydrogen) atoms. The number of aryl methyl sites for hydroxylation is 1. The van der Waals surface area contributed by atoms with E-state index in [1.54, 1.807) is 0 Å². The van der Waals surface area contributed by atoms with Crippen LogP contribution in [0.5, 0.6) is 0 Å². The van der Waals surface area contributed by atoms with Gasteiger partial charge in [-0.15, -0.1) is 0 Å². The number of hydrogen-bond acceptors (Lipinski definition) is 4. The Bertz CT molecular complexity index is 621. The van der Waals surface area contributed by atoms with Crippen molar-refractivity contribution in [2.75, 3.05) is 0 Å². The fourth-order valence-corrected chi connectivity index (χ4v) is 2.44. The van der Waals surface area contributed by atoms with Crippen LogP contribution < -0.4 is 10.6 Å². The van der Waals surface area contributed by atoms with Crippen LogP contribution in [0.2, 0.25) is 0 Å². The minimum atomic E-state index is -0.186. The minimum Gasteiger partial charge on any atom is -0.359 e. The molecule has 0 radical (unpaired) electrons. The molecular formula is C15H17N3O2. The van der Waals surface area contributed by atoms with Gasteiger partial charge in [0.25, 0.3) is 0 Å². The summed E-state index contributed by atoms with van der Waals surface area (Å²) >= 11 is 0. The molecule has 1 aliphatic rings. The van der Waals surface area contributed by atoms with Crippen LogP contribution in [0.1, 0.15) is 22.6 Å². The Labute approximate surface area is 117 Å². The van der Waals surface area contributed by atoms with E-state index in [0.717, 1.165) is 18.7 Å². The number of nitrogens with zero attached hydrogens (tertiary/aromatic N) is 1. The van der Waals surface area contributed by atoms with Gasteiger partial charge in [-0.2, -0.15) is 0 Å². The van der Waals surface area contributed by atoms with E-state index in [1.807, 2.05) is 25.1 Å². The fraction of sp³-hybridized carbons (Fsp3) is 0.333. The van der Waals surface area contributed by atoms with Gasteiger partial charge >= 0.3 is 0 Å². The zero-order valence-corrected chi connectivity index (χ0v) is 11.3. The van der Waals surface area contributed by atoms with Crippen molar-refractivity contribution in [1.82, 2.24) is 15.8 Å². The van der Waals surface area contributed by atoms with Crippen molar-refractivity contribution < 1.29 is 9.32 Å². The summed E-state index contributed by atoms with van der Waals surface area (Å²) in [6.45, 7) is 2.96. The second kappa shape index (κ2) is 5.46. The molecule has 0 saturated carbocycles. The van der Waals surface area contributed by atoms with Crippen LogP contribution >= 0.6 is 0 Å². The second-order valence-corrected chi connectivity index (χ2v) is 5.06. The lowest BCUT2D eigenvalue weighted by molar-refractivity contribution is -0.123. The summed E-state index contributed by atoms with van der Waals surface area (Å²) in [5, 5.41) is 9.93. The summed E-state index contributed by atoms with van der Waals surface area (Å²) in [6.07, 6.45) is 0.720. The molecular weight excluding hydrogens is 254 g/mol. The van der Waals surface area contributed by atoms with Gasteiger partial charge in [0, 0.05) is 12.6 Å². The number of fused-ring (bicyclic) bond motifs is 1. The maximum Gasteiger partial charge on any atom is 0.237 e. The third kappa shape index (κ3) is 2.72. The highest BCUT2D eigenvalue weighted by Gasteiger charge is 2.23. The first kappa shape index (κ1) is 12.9. The summed E-state index contributed by atoms with van der Waals surface area (Å²) in [5.41, 5.74) is 3.32. The van der Waals surface area contributed by atoms with Gasteiger partial charge in [-0.3, -0.25) is 4.79 Å². The average molecular weight is 271 g/mol. The predicted octanol–water partition coefficient (Wildman–Crippen LogP) is 1.31. The Morgan fingerprint density at radius 2 is 2.25 bits per heavy atom. The van der Waals surface area contributed by atoms with Crippen LogP contribution in [-0.4, -0.2) is 17.1 Å². The number of benzene rings is 1. The van der Waals surface area contributed by atoms with Crippen molar-refractivity contribution >= 4 is 5.91 Å². The Balaban J connectivity index is 1.59. The molecule has 1 aromatic heterocycles. The van der Waals surface area contributed by atoms with Gasteiger partial charge in [0.2, 0.25) is 5.91 Å². The largest absolute Gasteiger partial charge is 0.359 e. The van der Waals surface area contributed by atoms with E-state index < -0.39 is 0 Å².